The van der Waals surface area contributed by atoms with E-state index in [4.69, 9.17) is 10.8 Å². The van der Waals surface area contributed by atoms with Crippen molar-refractivity contribution in [2.45, 2.75) is 13.0 Å². The number of pyridine rings is 1. The molecule has 0 amide bonds. The first kappa shape index (κ1) is 12.3. The Morgan fingerprint density at radius 2 is 2.06 bits per heavy atom. The molecule has 3 N–H and O–H groups in total. The summed E-state index contributed by atoms with van der Waals surface area (Å²) >= 11 is 0. The lowest BCUT2D eigenvalue weighted by Crippen LogP contribution is -2.26. The zero-order chi connectivity index (χ0) is 13.0. The van der Waals surface area contributed by atoms with E-state index in [2.05, 4.69) is 10.1 Å². The van der Waals surface area contributed by atoms with Crippen LogP contribution in [0.2, 0.25) is 0 Å². The number of rotatable bonds is 4. The van der Waals surface area contributed by atoms with Gasteiger partial charge in [-0.15, -0.1) is 0 Å². The molecule has 0 radical (unpaired) electrons. The van der Waals surface area contributed by atoms with Crippen LogP contribution < -0.4 is 11.3 Å². The van der Waals surface area contributed by atoms with E-state index >= 15 is 0 Å². The second kappa shape index (κ2) is 5.42. The van der Waals surface area contributed by atoms with Crippen molar-refractivity contribution in [2.75, 3.05) is 12.3 Å². The number of aromatic nitrogens is 3. The van der Waals surface area contributed by atoms with Gasteiger partial charge < -0.3 is 10.8 Å². The van der Waals surface area contributed by atoms with Crippen LogP contribution in [0.15, 0.2) is 35.4 Å². The molecule has 0 spiro atoms. The Morgan fingerprint density at radius 3 is 2.72 bits per heavy atom. The highest BCUT2D eigenvalue weighted by Gasteiger charge is 2.07. The predicted octanol–water partition coefficient (Wildman–Crippen LogP) is 0.270. The summed E-state index contributed by atoms with van der Waals surface area (Å²) in [4.78, 5) is 15.7. The number of aryl methyl sites for hydroxylation is 1. The fourth-order valence-corrected chi connectivity index (χ4v) is 1.60. The van der Waals surface area contributed by atoms with Crippen LogP contribution in [-0.4, -0.2) is 26.5 Å². The number of hydrogen-bond donors (Lipinski definition) is 2. The molecule has 2 heterocycles. The highest BCUT2D eigenvalue weighted by atomic mass is 16.3. The van der Waals surface area contributed by atoms with Gasteiger partial charge in [0.05, 0.1) is 5.69 Å². The van der Waals surface area contributed by atoms with Crippen molar-refractivity contribution in [3.05, 3.63) is 40.9 Å². The number of nitrogens with zero attached hydrogens (tertiary/aromatic N) is 3. The van der Waals surface area contributed by atoms with Crippen LogP contribution in [0.1, 0.15) is 6.42 Å². The molecule has 0 atom stereocenters. The highest BCUT2D eigenvalue weighted by Crippen LogP contribution is 2.15. The van der Waals surface area contributed by atoms with E-state index in [1.165, 1.54) is 4.68 Å². The summed E-state index contributed by atoms with van der Waals surface area (Å²) in [6.45, 7) is 0.353. The molecule has 0 aromatic carbocycles. The first-order valence-electron chi connectivity index (χ1n) is 5.61. The predicted molar refractivity (Wildman–Crippen MR) is 67.8 cm³/mol. The van der Waals surface area contributed by atoms with Crippen molar-refractivity contribution < 1.29 is 5.11 Å². The van der Waals surface area contributed by atoms with Gasteiger partial charge in [0, 0.05) is 31.1 Å². The second-order valence-corrected chi connectivity index (χ2v) is 3.83. The Bertz CT molecular complexity index is 580. The van der Waals surface area contributed by atoms with Crippen LogP contribution in [-0.2, 0) is 6.54 Å². The van der Waals surface area contributed by atoms with E-state index in [-0.39, 0.29) is 17.9 Å². The lowest BCUT2D eigenvalue weighted by atomic mass is 10.2. The van der Waals surface area contributed by atoms with Gasteiger partial charge in [-0.25, -0.2) is 4.68 Å². The van der Waals surface area contributed by atoms with Crippen LogP contribution in [0.3, 0.4) is 0 Å². The number of aliphatic hydroxyl groups is 1. The Hall–Kier alpha value is -2.21. The Kier molecular flexibility index (Phi) is 3.69. The van der Waals surface area contributed by atoms with Crippen LogP contribution >= 0.6 is 0 Å². The minimum Gasteiger partial charge on any atom is -0.396 e. The van der Waals surface area contributed by atoms with Crippen molar-refractivity contribution in [1.82, 2.24) is 14.8 Å². The normalized spacial score (nSPS) is 10.5. The molecule has 6 nitrogen and oxygen atoms in total. The molecule has 2 aromatic heterocycles. The average molecular weight is 246 g/mol. The van der Waals surface area contributed by atoms with Crippen LogP contribution in [0.25, 0.3) is 11.3 Å². The van der Waals surface area contributed by atoms with E-state index in [9.17, 15) is 4.79 Å². The average Bonchev–Trinajstić information content (AvgIpc) is 2.41. The minimum atomic E-state index is -0.332. The van der Waals surface area contributed by atoms with Crippen LogP contribution in [0.5, 0.6) is 0 Å². The summed E-state index contributed by atoms with van der Waals surface area (Å²) in [7, 11) is 0. The van der Waals surface area contributed by atoms with Gasteiger partial charge in [-0.2, -0.15) is 5.10 Å². The maximum Gasteiger partial charge on any atom is 0.289 e. The number of aliphatic hydroxyl groups excluding tert-OH is 1. The number of anilines is 1. The molecule has 0 bridgehead atoms. The molecule has 0 aliphatic heterocycles. The SMILES string of the molecule is Nc1cc(-c2ccncc2)nn(CCCO)c1=O. The fourth-order valence-electron chi connectivity index (χ4n) is 1.60. The van der Waals surface area contributed by atoms with E-state index in [1.807, 2.05) is 0 Å². The largest absolute Gasteiger partial charge is 0.396 e. The van der Waals surface area contributed by atoms with Gasteiger partial charge in [-0.3, -0.25) is 9.78 Å². The van der Waals surface area contributed by atoms with Gasteiger partial charge in [-0.1, -0.05) is 0 Å². The van der Waals surface area contributed by atoms with Crippen molar-refractivity contribution >= 4 is 5.69 Å². The summed E-state index contributed by atoms with van der Waals surface area (Å²) < 4.78 is 1.28. The van der Waals surface area contributed by atoms with Crippen molar-refractivity contribution in [3.63, 3.8) is 0 Å². The monoisotopic (exact) mass is 246 g/mol. The quantitative estimate of drug-likeness (QED) is 0.807. The zero-order valence-electron chi connectivity index (χ0n) is 9.78. The molecule has 0 aliphatic rings. The van der Waals surface area contributed by atoms with Crippen molar-refractivity contribution in [1.29, 1.82) is 0 Å². The molecular formula is C12H14N4O2. The molecule has 18 heavy (non-hydrogen) atoms. The summed E-state index contributed by atoms with van der Waals surface area (Å²) in [5, 5.41) is 13.0. The molecule has 0 fully saturated rings. The topological polar surface area (TPSA) is 94.0 Å². The Morgan fingerprint density at radius 1 is 1.33 bits per heavy atom. The molecule has 0 saturated heterocycles. The third-order valence-corrected chi connectivity index (χ3v) is 2.51. The molecule has 2 rings (SSSR count). The van der Waals surface area contributed by atoms with Gasteiger partial charge in [-0.05, 0) is 24.6 Å². The van der Waals surface area contributed by atoms with Gasteiger partial charge in [0.15, 0.2) is 0 Å². The zero-order valence-corrected chi connectivity index (χ0v) is 9.78. The molecule has 0 aliphatic carbocycles. The maximum atomic E-state index is 11.7. The van der Waals surface area contributed by atoms with Gasteiger partial charge in [0.25, 0.3) is 5.56 Å². The molecule has 0 unspecified atom stereocenters. The summed E-state index contributed by atoms with van der Waals surface area (Å²) in [6, 6.07) is 5.14. The molecule has 2 aromatic rings. The third kappa shape index (κ3) is 2.54. The number of nitrogen functional groups attached to an aromatic ring is 1. The number of nitrogens with two attached hydrogens (primary N) is 1. The van der Waals surface area contributed by atoms with Gasteiger partial charge in [0.2, 0.25) is 0 Å². The second-order valence-electron chi connectivity index (χ2n) is 3.83. The third-order valence-electron chi connectivity index (χ3n) is 2.51. The Labute approximate surface area is 104 Å². The standard InChI is InChI=1S/C12H14N4O2/c13-10-8-11(9-2-4-14-5-3-9)15-16(12(10)18)6-1-7-17/h2-5,8,17H,1,6-7,13H2. The lowest BCUT2D eigenvalue weighted by molar-refractivity contribution is 0.275. The minimum absolute atomic E-state index is 0.00745. The summed E-state index contributed by atoms with van der Waals surface area (Å²) in [5.74, 6) is 0. The van der Waals surface area contributed by atoms with E-state index in [1.54, 1.807) is 30.6 Å². The van der Waals surface area contributed by atoms with E-state index in [0.29, 0.717) is 18.7 Å². The van der Waals surface area contributed by atoms with E-state index in [0.717, 1.165) is 5.56 Å². The van der Waals surface area contributed by atoms with Gasteiger partial charge >= 0.3 is 0 Å². The van der Waals surface area contributed by atoms with Gasteiger partial charge in [0.1, 0.15) is 5.69 Å². The van der Waals surface area contributed by atoms with Crippen molar-refractivity contribution in [3.8, 4) is 11.3 Å². The first-order valence-corrected chi connectivity index (χ1v) is 5.61. The Balaban J connectivity index is 2.44. The maximum absolute atomic E-state index is 11.7. The summed E-state index contributed by atoms with van der Waals surface area (Å²) in [6.07, 6.45) is 3.76. The molecule has 6 heteroatoms. The lowest BCUT2D eigenvalue weighted by Gasteiger charge is -2.08. The summed E-state index contributed by atoms with van der Waals surface area (Å²) in [5.41, 5.74) is 6.95. The van der Waals surface area contributed by atoms with Crippen LogP contribution in [0.4, 0.5) is 5.69 Å². The molecule has 0 saturated carbocycles. The molecule has 94 valence electrons. The molecular weight excluding hydrogens is 232 g/mol. The first-order chi connectivity index (χ1) is 8.72. The van der Waals surface area contributed by atoms with Crippen molar-refractivity contribution in [2.24, 2.45) is 0 Å². The fraction of sp³-hybridized carbons (Fsp3) is 0.250. The number of hydrogen-bond acceptors (Lipinski definition) is 5. The highest BCUT2D eigenvalue weighted by molar-refractivity contribution is 5.61. The van der Waals surface area contributed by atoms with E-state index < -0.39 is 0 Å². The smallest absolute Gasteiger partial charge is 0.289 e. The van der Waals surface area contributed by atoms with Crippen LogP contribution in [0, 0.1) is 0 Å².